The summed E-state index contributed by atoms with van der Waals surface area (Å²) in [5, 5.41) is 0.294. The molecular formula is C5H7S. The van der Waals surface area contributed by atoms with Crippen molar-refractivity contribution in [3.8, 4) is 5.92 Å². The molecule has 0 N–H and O–H groups in total. The summed E-state index contributed by atoms with van der Waals surface area (Å²) < 4.78 is 0. The Kier molecular flexibility index (Phi) is 3.07. The third-order valence-corrected chi connectivity index (χ3v) is 0.580. The van der Waals surface area contributed by atoms with Crippen LogP contribution in [-0.2, 0) is 0 Å². The van der Waals surface area contributed by atoms with Crippen molar-refractivity contribution >= 4 is 12.6 Å². The summed E-state index contributed by atoms with van der Waals surface area (Å²) in [4.78, 5) is 0. The van der Waals surface area contributed by atoms with Gasteiger partial charge in [-0.1, -0.05) is 12.8 Å². The van der Waals surface area contributed by atoms with Gasteiger partial charge < -0.3 is 0 Å². The fourth-order valence-corrected chi connectivity index (χ4v) is 0.239. The lowest BCUT2D eigenvalue weighted by Crippen LogP contribution is -1.84. The lowest BCUT2D eigenvalue weighted by molar-refractivity contribution is 1.02. The first kappa shape index (κ1) is 5.91. The summed E-state index contributed by atoms with van der Waals surface area (Å²) in [6.07, 6.45) is 7.09. The highest BCUT2D eigenvalue weighted by atomic mass is 32.1. The molecule has 0 saturated heterocycles. The molecule has 0 spiro atoms. The van der Waals surface area contributed by atoms with Gasteiger partial charge in [0.05, 0.1) is 0 Å². The van der Waals surface area contributed by atoms with Crippen LogP contribution in [0.15, 0.2) is 0 Å². The van der Waals surface area contributed by atoms with Crippen molar-refractivity contribution in [2.24, 2.45) is 0 Å². The molecule has 0 aromatic rings. The van der Waals surface area contributed by atoms with Crippen LogP contribution in [0.5, 0.6) is 0 Å². The normalized spacial score (nSPS) is 12.8. The van der Waals surface area contributed by atoms with Crippen molar-refractivity contribution in [2.45, 2.75) is 18.6 Å². The van der Waals surface area contributed by atoms with Crippen molar-refractivity contribution < 1.29 is 0 Å². The topological polar surface area (TPSA) is 0 Å². The Morgan fingerprint density at radius 3 is 2.50 bits per heavy atom. The van der Waals surface area contributed by atoms with Gasteiger partial charge >= 0.3 is 0 Å². The standard InChI is InChI=1S/C5H7S/c1-3-4-5(2)6/h5-6H,4H2,2H3. The summed E-state index contributed by atoms with van der Waals surface area (Å²) in [5.74, 6) is 2.24. The molecule has 0 amide bonds. The van der Waals surface area contributed by atoms with Gasteiger partial charge in [0.2, 0.25) is 0 Å². The molecule has 0 aliphatic rings. The highest BCUT2D eigenvalue weighted by molar-refractivity contribution is 7.80. The molecule has 0 aromatic heterocycles. The van der Waals surface area contributed by atoms with Gasteiger partial charge in [0.1, 0.15) is 0 Å². The summed E-state index contributed by atoms with van der Waals surface area (Å²) in [6.45, 7) is 1.94. The fraction of sp³-hybridized carbons (Fsp3) is 0.600. The van der Waals surface area contributed by atoms with E-state index < -0.39 is 0 Å². The minimum atomic E-state index is 0.294. The van der Waals surface area contributed by atoms with Crippen LogP contribution >= 0.6 is 12.6 Å². The van der Waals surface area contributed by atoms with Gasteiger partial charge in [0.15, 0.2) is 0 Å². The quantitative estimate of drug-likeness (QED) is 0.371. The van der Waals surface area contributed by atoms with E-state index in [0.717, 1.165) is 0 Å². The predicted molar refractivity (Wildman–Crippen MR) is 30.2 cm³/mol. The highest BCUT2D eigenvalue weighted by Gasteiger charge is 1.84. The molecule has 0 bridgehead atoms. The second-order valence-corrected chi connectivity index (χ2v) is 2.11. The third-order valence-electron chi connectivity index (χ3n) is 0.397. The Morgan fingerprint density at radius 1 is 2.00 bits per heavy atom. The largest absolute Gasteiger partial charge is 0.175 e. The summed E-state index contributed by atoms with van der Waals surface area (Å²) in [6, 6.07) is 0. The van der Waals surface area contributed by atoms with Gasteiger partial charge in [-0.25, -0.2) is 0 Å². The Hall–Kier alpha value is -0.0900. The number of hydrogen-bond acceptors (Lipinski definition) is 1. The first-order chi connectivity index (χ1) is 2.77. The third kappa shape index (κ3) is 3.91. The van der Waals surface area contributed by atoms with Crippen LogP contribution in [0.2, 0.25) is 0 Å². The Morgan fingerprint density at radius 2 is 2.50 bits per heavy atom. The van der Waals surface area contributed by atoms with E-state index in [-0.39, 0.29) is 0 Å². The molecule has 33 valence electrons. The van der Waals surface area contributed by atoms with Crippen LogP contribution in [0.25, 0.3) is 0 Å². The molecule has 6 heavy (non-hydrogen) atoms. The van der Waals surface area contributed by atoms with E-state index in [1.807, 2.05) is 6.92 Å². The molecule has 1 radical (unpaired) electrons. The van der Waals surface area contributed by atoms with E-state index in [1.165, 1.54) is 0 Å². The zero-order valence-electron chi connectivity index (χ0n) is 3.73. The molecule has 1 unspecified atom stereocenters. The molecule has 0 aromatic carbocycles. The van der Waals surface area contributed by atoms with E-state index in [2.05, 4.69) is 18.5 Å². The van der Waals surface area contributed by atoms with Crippen molar-refractivity contribution in [1.29, 1.82) is 0 Å². The van der Waals surface area contributed by atoms with Crippen molar-refractivity contribution in [3.05, 3.63) is 6.42 Å². The number of rotatable bonds is 1. The average molecular weight is 99.2 g/mol. The minimum absolute atomic E-state index is 0.294. The Balaban J connectivity index is 2.88. The SMILES string of the molecule is [C]#CCC(C)S. The smallest absolute Gasteiger partial charge is 0.0213 e. The van der Waals surface area contributed by atoms with E-state index >= 15 is 0 Å². The molecular weight excluding hydrogens is 92.1 g/mol. The molecule has 0 heterocycles. The maximum atomic E-state index is 6.43. The highest BCUT2D eigenvalue weighted by Crippen LogP contribution is 1.94. The molecule has 0 fully saturated rings. The van der Waals surface area contributed by atoms with E-state index in [4.69, 9.17) is 6.42 Å². The second kappa shape index (κ2) is 3.11. The van der Waals surface area contributed by atoms with Gasteiger partial charge in [0, 0.05) is 11.7 Å². The lowest BCUT2D eigenvalue weighted by Gasteiger charge is -1.89. The monoisotopic (exact) mass is 99.0 g/mol. The molecule has 0 nitrogen and oxygen atoms in total. The number of hydrogen-bond donors (Lipinski definition) is 1. The van der Waals surface area contributed by atoms with Crippen molar-refractivity contribution in [3.63, 3.8) is 0 Å². The van der Waals surface area contributed by atoms with Crippen LogP contribution in [0.1, 0.15) is 13.3 Å². The predicted octanol–water partition coefficient (Wildman–Crippen LogP) is 1.28. The van der Waals surface area contributed by atoms with E-state index in [0.29, 0.717) is 11.7 Å². The van der Waals surface area contributed by atoms with Crippen LogP contribution < -0.4 is 0 Å². The zero-order valence-corrected chi connectivity index (χ0v) is 4.63. The molecule has 0 rings (SSSR count). The molecule has 0 aliphatic heterocycles. The maximum absolute atomic E-state index is 6.43. The van der Waals surface area contributed by atoms with Gasteiger partial charge in [-0.3, -0.25) is 0 Å². The molecule has 0 aliphatic carbocycles. The zero-order chi connectivity index (χ0) is 4.99. The van der Waals surface area contributed by atoms with E-state index in [1.54, 1.807) is 0 Å². The van der Waals surface area contributed by atoms with Crippen molar-refractivity contribution in [2.75, 3.05) is 0 Å². The fourth-order valence-electron chi connectivity index (χ4n) is 0.148. The van der Waals surface area contributed by atoms with Crippen LogP contribution in [0.3, 0.4) is 0 Å². The van der Waals surface area contributed by atoms with Gasteiger partial charge in [0.25, 0.3) is 0 Å². The first-order valence-electron chi connectivity index (χ1n) is 1.85. The Labute approximate surface area is 44.4 Å². The summed E-state index contributed by atoms with van der Waals surface area (Å²) in [5.41, 5.74) is 0. The van der Waals surface area contributed by atoms with Crippen LogP contribution in [0, 0.1) is 12.3 Å². The first-order valence-corrected chi connectivity index (χ1v) is 2.36. The number of thiol groups is 1. The lowest BCUT2D eigenvalue weighted by atomic mass is 10.3. The van der Waals surface area contributed by atoms with Gasteiger partial charge in [-0.05, 0) is 6.42 Å². The second-order valence-electron chi connectivity index (χ2n) is 1.23. The minimum Gasteiger partial charge on any atom is -0.175 e. The molecule has 1 heteroatoms. The van der Waals surface area contributed by atoms with Crippen LogP contribution in [-0.4, -0.2) is 5.25 Å². The summed E-state index contributed by atoms with van der Waals surface area (Å²) in [7, 11) is 0. The van der Waals surface area contributed by atoms with Gasteiger partial charge in [-0.2, -0.15) is 12.6 Å². The summed E-state index contributed by atoms with van der Waals surface area (Å²) >= 11 is 4.00. The van der Waals surface area contributed by atoms with E-state index in [9.17, 15) is 0 Å². The van der Waals surface area contributed by atoms with Crippen LogP contribution in [0.4, 0.5) is 0 Å². The molecule has 0 saturated carbocycles. The molecule has 1 atom stereocenters. The Bertz CT molecular complexity index is 58.8. The average Bonchev–Trinajstić information content (AvgIpc) is 1.35. The van der Waals surface area contributed by atoms with Crippen molar-refractivity contribution in [1.82, 2.24) is 0 Å². The maximum Gasteiger partial charge on any atom is 0.0213 e. The van der Waals surface area contributed by atoms with Gasteiger partial charge in [-0.15, -0.1) is 0 Å².